The topological polar surface area (TPSA) is 84.9 Å². The lowest BCUT2D eigenvalue weighted by molar-refractivity contribution is -0.384. The summed E-state index contributed by atoms with van der Waals surface area (Å²) in [6.07, 6.45) is 1.70. The van der Waals surface area contributed by atoms with Crippen molar-refractivity contribution in [2.45, 2.75) is 0 Å². The zero-order valence-corrected chi connectivity index (χ0v) is 6.65. The standard InChI is InChI=1S/C8H7N3O2/c9-7-4-6(11(12)13)3-5-1-2-10-8(5)7/h1-4,10H,9H2. The molecule has 5 nitrogen and oxygen atoms in total. The first kappa shape index (κ1) is 7.60. The Labute approximate surface area is 73.3 Å². The van der Waals surface area contributed by atoms with E-state index in [9.17, 15) is 10.1 Å². The zero-order valence-electron chi connectivity index (χ0n) is 6.65. The molecule has 0 aliphatic heterocycles. The number of nitrogen functional groups attached to an aromatic ring is 1. The molecular formula is C8H7N3O2. The molecule has 1 heterocycles. The van der Waals surface area contributed by atoms with E-state index in [1.165, 1.54) is 12.1 Å². The third-order valence-corrected chi connectivity index (χ3v) is 1.89. The van der Waals surface area contributed by atoms with Crippen molar-refractivity contribution < 1.29 is 4.92 Å². The monoisotopic (exact) mass is 177 g/mol. The van der Waals surface area contributed by atoms with Crippen molar-refractivity contribution in [2.75, 3.05) is 5.73 Å². The minimum Gasteiger partial charge on any atom is -0.397 e. The second kappa shape index (κ2) is 2.48. The van der Waals surface area contributed by atoms with Crippen LogP contribution in [0, 0.1) is 10.1 Å². The molecule has 3 N–H and O–H groups in total. The van der Waals surface area contributed by atoms with Crippen LogP contribution in [0.2, 0.25) is 0 Å². The van der Waals surface area contributed by atoms with E-state index in [0.717, 1.165) is 10.9 Å². The van der Waals surface area contributed by atoms with E-state index in [4.69, 9.17) is 5.73 Å². The van der Waals surface area contributed by atoms with Crippen LogP contribution < -0.4 is 5.73 Å². The van der Waals surface area contributed by atoms with Crippen molar-refractivity contribution in [3.05, 3.63) is 34.5 Å². The quantitative estimate of drug-likeness (QED) is 0.394. The largest absolute Gasteiger partial charge is 0.397 e. The van der Waals surface area contributed by atoms with Crippen LogP contribution in [0.25, 0.3) is 10.9 Å². The van der Waals surface area contributed by atoms with Crippen LogP contribution >= 0.6 is 0 Å². The molecule has 0 fully saturated rings. The summed E-state index contributed by atoms with van der Waals surface area (Å²) in [6, 6.07) is 4.58. The number of rotatable bonds is 1. The maximum Gasteiger partial charge on any atom is 0.272 e. The van der Waals surface area contributed by atoms with E-state index >= 15 is 0 Å². The van der Waals surface area contributed by atoms with Gasteiger partial charge in [-0.15, -0.1) is 0 Å². The van der Waals surface area contributed by atoms with Gasteiger partial charge >= 0.3 is 0 Å². The summed E-state index contributed by atoms with van der Waals surface area (Å²) in [6.45, 7) is 0. The maximum absolute atomic E-state index is 10.5. The molecule has 66 valence electrons. The Morgan fingerprint density at radius 3 is 2.92 bits per heavy atom. The number of hydrogen-bond donors (Lipinski definition) is 2. The number of aromatic nitrogens is 1. The maximum atomic E-state index is 10.5. The molecular weight excluding hydrogens is 170 g/mol. The average Bonchev–Trinajstić information content (AvgIpc) is 2.51. The number of aromatic amines is 1. The normalized spacial score (nSPS) is 10.5. The van der Waals surface area contributed by atoms with Crippen LogP contribution in [0.15, 0.2) is 24.4 Å². The predicted molar refractivity (Wildman–Crippen MR) is 49.4 cm³/mol. The predicted octanol–water partition coefficient (Wildman–Crippen LogP) is 1.66. The Morgan fingerprint density at radius 1 is 1.46 bits per heavy atom. The number of H-pyrrole nitrogens is 1. The molecule has 0 saturated carbocycles. The highest BCUT2D eigenvalue weighted by atomic mass is 16.6. The highest BCUT2D eigenvalue weighted by Gasteiger charge is 2.09. The smallest absolute Gasteiger partial charge is 0.272 e. The molecule has 0 unspecified atom stereocenters. The van der Waals surface area contributed by atoms with Gasteiger partial charge in [0.15, 0.2) is 0 Å². The molecule has 1 aromatic carbocycles. The van der Waals surface area contributed by atoms with E-state index in [1.807, 2.05) is 0 Å². The Bertz CT molecular complexity index is 475. The van der Waals surface area contributed by atoms with Crippen molar-refractivity contribution in [2.24, 2.45) is 0 Å². The lowest BCUT2D eigenvalue weighted by Gasteiger charge is -1.96. The number of anilines is 1. The number of fused-ring (bicyclic) bond motifs is 1. The van der Waals surface area contributed by atoms with Gasteiger partial charge in [-0.25, -0.2) is 0 Å². The van der Waals surface area contributed by atoms with Gasteiger partial charge in [0.1, 0.15) is 0 Å². The molecule has 2 rings (SSSR count). The summed E-state index contributed by atoms with van der Waals surface area (Å²) in [5, 5.41) is 11.2. The molecule has 0 radical (unpaired) electrons. The molecule has 2 aromatic rings. The van der Waals surface area contributed by atoms with Crippen molar-refractivity contribution in [3.63, 3.8) is 0 Å². The molecule has 5 heteroatoms. The van der Waals surface area contributed by atoms with Crippen molar-refractivity contribution in [3.8, 4) is 0 Å². The van der Waals surface area contributed by atoms with Gasteiger partial charge in [0, 0.05) is 23.7 Å². The number of nitrogens with zero attached hydrogens (tertiary/aromatic N) is 1. The second-order valence-electron chi connectivity index (χ2n) is 2.73. The highest BCUT2D eigenvalue weighted by molar-refractivity contribution is 5.92. The van der Waals surface area contributed by atoms with E-state index in [2.05, 4.69) is 4.98 Å². The first-order valence-corrected chi connectivity index (χ1v) is 3.69. The molecule has 0 amide bonds. The second-order valence-corrected chi connectivity index (χ2v) is 2.73. The van der Waals surface area contributed by atoms with E-state index in [-0.39, 0.29) is 5.69 Å². The number of benzene rings is 1. The molecule has 0 bridgehead atoms. The lowest BCUT2D eigenvalue weighted by Crippen LogP contribution is -1.91. The summed E-state index contributed by atoms with van der Waals surface area (Å²) >= 11 is 0. The lowest BCUT2D eigenvalue weighted by atomic mass is 10.2. The minimum absolute atomic E-state index is 0.0181. The van der Waals surface area contributed by atoms with Crippen molar-refractivity contribution >= 4 is 22.3 Å². The fourth-order valence-electron chi connectivity index (χ4n) is 1.29. The molecule has 0 atom stereocenters. The van der Waals surface area contributed by atoms with Crippen molar-refractivity contribution in [1.82, 2.24) is 4.98 Å². The van der Waals surface area contributed by atoms with Gasteiger partial charge in [0.25, 0.3) is 5.69 Å². The van der Waals surface area contributed by atoms with Gasteiger partial charge in [0.05, 0.1) is 16.1 Å². The van der Waals surface area contributed by atoms with Crippen LogP contribution in [0.1, 0.15) is 0 Å². The summed E-state index contributed by atoms with van der Waals surface area (Å²) in [5.74, 6) is 0. The van der Waals surface area contributed by atoms with Gasteiger partial charge in [-0.05, 0) is 6.07 Å². The summed E-state index contributed by atoms with van der Waals surface area (Å²) in [7, 11) is 0. The third-order valence-electron chi connectivity index (χ3n) is 1.89. The number of hydrogen-bond acceptors (Lipinski definition) is 3. The van der Waals surface area contributed by atoms with Crippen LogP contribution in [0.5, 0.6) is 0 Å². The van der Waals surface area contributed by atoms with E-state index < -0.39 is 4.92 Å². The van der Waals surface area contributed by atoms with Gasteiger partial charge in [-0.3, -0.25) is 10.1 Å². The van der Waals surface area contributed by atoms with Gasteiger partial charge in [0.2, 0.25) is 0 Å². The molecule has 0 spiro atoms. The highest BCUT2D eigenvalue weighted by Crippen LogP contribution is 2.25. The molecule has 13 heavy (non-hydrogen) atoms. The fourth-order valence-corrected chi connectivity index (χ4v) is 1.29. The van der Waals surface area contributed by atoms with Crippen LogP contribution in [-0.2, 0) is 0 Å². The van der Waals surface area contributed by atoms with Gasteiger partial charge in [-0.1, -0.05) is 0 Å². The Hall–Kier alpha value is -2.04. The van der Waals surface area contributed by atoms with Gasteiger partial charge in [-0.2, -0.15) is 0 Å². The van der Waals surface area contributed by atoms with Crippen molar-refractivity contribution in [1.29, 1.82) is 0 Å². The third kappa shape index (κ3) is 1.10. The van der Waals surface area contributed by atoms with Gasteiger partial charge < -0.3 is 10.7 Å². The molecule has 0 aliphatic carbocycles. The summed E-state index contributed by atoms with van der Waals surface area (Å²) in [4.78, 5) is 12.9. The number of nitrogens with one attached hydrogen (secondary N) is 1. The Balaban J connectivity index is 2.77. The number of non-ortho nitro benzene ring substituents is 1. The Morgan fingerprint density at radius 2 is 2.23 bits per heavy atom. The van der Waals surface area contributed by atoms with Crippen LogP contribution in [-0.4, -0.2) is 9.91 Å². The van der Waals surface area contributed by atoms with Crippen LogP contribution in [0.3, 0.4) is 0 Å². The summed E-state index contributed by atoms with van der Waals surface area (Å²) < 4.78 is 0. The number of nitro benzene ring substituents is 1. The minimum atomic E-state index is -0.456. The zero-order chi connectivity index (χ0) is 9.42. The molecule has 0 saturated heterocycles. The Kier molecular flexibility index (Phi) is 1.45. The molecule has 0 aliphatic rings. The first-order valence-electron chi connectivity index (χ1n) is 3.69. The number of nitrogens with two attached hydrogens (primary N) is 1. The van der Waals surface area contributed by atoms with Crippen LogP contribution in [0.4, 0.5) is 11.4 Å². The van der Waals surface area contributed by atoms with E-state index in [1.54, 1.807) is 12.3 Å². The number of nitro groups is 1. The summed E-state index contributed by atoms with van der Waals surface area (Å²) in [5.41, 5.74) is 6.76. The average molecular weight is 177 g/mol. The fraction of sp³-hybridized carbons (Fsp3) is 0. The SMILES string of the molecule is Nc1cc([N+](=O)[O-])cc2cc[nH]c12. The van der Waals surface area contributed by atoms with E-state index in [0.29, 0.717) is 5.69 Å². The molecule has 1 aromatic heterocycles. The first-order chi connectivity index (χ1) is 6.18.